The normalized spacial score (nSPS) is 15.5. The van der Waals surface area contributed by atoms with E-state index in [0.717, 1.165) is 12.6 Å². The van der Waals surface area contributed by atoms with Gasteiger partial charge in [0.15, 0.2) is 0 Å². The molecule has 0 unspecified atom stereocenters. The molecule has 3 heteroatoms. The fourth-order valence-electron chi connectivity index (χ4n) is 2.81. The first-order valence-corrected chi connectivity index (χ1v) is 8.08. The van der Waals surface area contributed by atoms with E-state index in [1.54, 1.807) is 0 Å². The summed E-state index contributed by atoms with van der Waals surface area (Å²) in [5, 5.41) is 1.41. The highest BCUT2D eigenvalue weighted by atomic mass is 32.1. The van der Waals surface area contributed by atoms with Gasteiger partial charge in [0, 0.05) is 28.7 Å². The largest absolute Gasteiger partial charge is 0.326 e. The number of fused-ring (bicyclic) bond motifs is 1. The second-order valence-electron chi connectivity index (χ2n) is 5.41. The van der Waals surface area contributed by atoms with Gasteiger partial charge in [-0.1, -0.05) is 25.1 Å². The predicted octanol–water partition coefficient (Wildman–Crippen LogP) is 3.73. The van der Waals surface area contributed by atoms with Crippen molar-refractivity contribution in [1.82, 2.24) is 4.90 Å². The molecule has 1 aromatic heterocycles. The Bertz CT molecular complexity index is 557. The van der Waals surface area contributed by atoms with E-state index in [1.165, 1.54) is 46.3 Å². The summed E-state index contributed by atoms with van der Waals surface area (Å²) >= 11 is 1.86. The van der Waals surface area contributed by atoms with E-state index >= 15 is 0 Å². The van der Waals surface area contributed by atoms with Gasteiger partial charge in [0.05, 0.1) is 0 Å². The van der Waals surface area contributed by atoms with Crippen molar-refractivity contribution in [3.63, 3.8) is 0 Å². The molecule has 0 aliphatic heterocycles. The van der Waals surface area contributed by atoms with E-state index < -0.39 is 0 Å². The van der Waals surface area contributed by atoms with Gasteiger partial charge in [-0.25, -0.2) is 0 Å². The standard InChI is InChI=1S/C16H22N2S/c1-2-9-18(12-7-8-12)11-14-13-5-3-4-6-15(13)19-16(14)10-17/h3-6,12H,2,7-11,17H2,1H3. The smallest absolute Gasteiger partial charge is 0.0349 e. The molecule has 1 heterocycles. The number of hydrogen-bond acceptors (Lipinski definition) is 3. The van der Waals surface area contributed by atoms with Gasteiger partial charge < -0.3 is 5.73 Å². The SMILES string of the molecule is CCCN(Cc1c(CN)sc2ccccc12)C1CC1. The van der Waals surface area contributed by atoms with Crippen LogP contribution in [0.15, 0.2) is 24.3 Å². The van der Waals surface area contributed by atoms with Crippen LogP contribution in [0.2, 0.25) is 0 Å². The molecule has 2 nitrogen and oxygen atoms in total. The highest BCUT2D eigenvalue weighted by Gasteiger charge is 2.29. The van der Waals surface area contributed by atoms with Crippen molar-refractivity contribution in [1.29, 1.82) is 0 Å². The van der Waals surface area contributed by atoms with Crippen LogP contribution in [0.1, 0.15) is 36.6 Å². The lowest BCUT2D eigenvalue weighted by Gasteiger charge is -2.21. The lowest BCUT2D eigenvalue weighted by molar-refractivity contribution is 0.256. The molecule has 102 valence electrons. The minimum Gasteiger partial charge on any atom is -0.326 e. The molecule has 1 aliphatic rings. The van der Waals surface area contributed by atoms with Crippen LogP contribution in [-0.2, 0) is 13.1 Å². The van der Waals surface area contributed by atoms with Crippen molar-refractivity contribution in [2.75, 3.05) is 6.54 Å². The van der Waals surface area contributed by atoms with Crippen LogP contribution in [0.25, 0.3) is 10.1 Å². The Morgan fingerprint density at radius 3 is 2.79 bits per heavy atom. The molecule has 0 spiro atoms. The summed E-state index contributed by atoms with van der Waals surface area (Å²) in [7, 11) is 0. The topological polar surface area (TPSA) is 29.3 Å². The third-order valence-electron chi connectivity index (χ3n) is 3.90. The zero-order valence-electron chi connectivity index (χ0n) is 11.6. The third kappa shape index (κ3) is 2.69. The summed E-state index contributed by atoms with van der Waals surface area (Å²) in [5.41, 5.74) is 7.42. The quantitative estimate of drug-likeness (QED) is 0.869. The average Bonchev–Trinajstić information content (AvgIpc) is 3.22. The fraction of sp³-hybridized carbons (Fsp3) is 0.500. The molecule has 3 rings (SSSR count). The van der Waals surface area contributed by atoms with E-state index in [-0.39, 0.29) is 0 Å². The Morgan fingerprint density at radius 2 is 2.11 bits per heavy atom. The van der Waals surface area contributed by atoms with Crippen LogP contribution in [-0.4, -0.2) is 17.5 Å². The molecule has 2 N–H and O–H groups in total. The molecule has 0 radical (unpaired) electrons. The first-order valence-electron chi connectivity index (χ1n) is 7.27. The predicted molar refractivity (Wildman–Crippen MR) is 83.4 cm³/mol. The van der Waals surface area contributed by atoms with E-state index in [9.17, 15) is 0 Å². The molecule has 0 amide bonds. The number of nitrogens with zero attached hydrogens (tertiary/aromatic N) is 1. The number of rotatable bonds is 6. The maximum absolute atomic E-state index is 5.95. The molecule has 1 aromatic carbocycles. The summed E-state index contributed by atoms with van der Waals surface area (Å²) in [6, 6.07) is 9.54. The van der Waals surface area contributed by atoms with Crippen molar-refractivity contribution in [2.24, 2.45) is 5.73 Å². The lowest BCUT2D eigenvalue weighted by Crippen LogP contribution is -2.26. The second kappa shape index (κ2) is 5.61. The molecule has 1 fully saturated rings. The van der Waals surface area contributed by atoms with Gasteiger partial charge in [-0.2, -0.15) is 0 Å². The van der Waals surface area contributed by atoms with E-state index in [2.05, 4.69) is 36.1 Å². The molecule has 1 aliphatic carbocycles. The van der Waals surface area contributed by atoms with Gasteiger partial charge in [0.1, 0.15) is 0 Å². The van der Waals surface area contributed by atoms with Crippen LogP contribution in [0.5, 0.6) is 0 Å². The van der Waals surface area contributed by atoms with E-state index in [0.29, 0.717) is 6.54 Å². The minimum absolute atomic E-state index is 0.666. The average molecular weight is 274 g/mol. The van der Waals surface area contributed by atoms with Gasteiger partial charge in [-0.3, -0.25) is 4.90 Å². The van der Waals surface area contributed by atoms with Crippen molar-refractivity contribution in [2.45, 2.75) is 45.3 Å². The first-order chi connectivity index (χ1) is 9.33. The van der Waals surface area contributed by atoms with Crippen molar-refractivity contribution < 1.29 is 0 Å². The summed E-state index contributed by atoms with van der Waals surface area (Å²) in [6.45, 7) is 5.22. The highest BCUT2D eigenvalue weighted by molar-refractivity contribution is 7.19. The lowest BCUT2D eigenvalue weighted by atomic mass is 10.1. The van der Waals surface area contributed by atoms with Gasteiger partial charge >= 0.3 is 0 Å². The van der Waals surface area contributed by atoms with Gasteiger partial charge in [0.25, 0.3) is 0 Å². The molecule has 1 saturated carbocycles. The second-order valence-corrected chi connectivity index (χ2v) is 6.54. The van der Waals surface area contributed by atoms with Gasteiger partial charge in [-0.05, 0) is 42.8 Å². The maximum Gasteiger partial charge on any atom is 0.0349 e. The Labute approximate surface area is 119 Å². The zero-order chi connectivity index (χ0) is 13.2. The molecule has 0 saturated heterocycles. The van der Waals surface area contributed by atoms with Crippen LogP contribution >= 0.6 is 11.3 Å². The molecular weight excluding hydrogens is 252 g/mol. The number of thiophene rings is 1. The van der Waals surface area contributed by atoms with Crippen molar-refractivity contribution >= 4 is 21.4 Å². The Kier molecular flexibility index (Phi) is 3.87. The Balaban J connectivity index is 1.93. The molecule has 2 aromatic rings. The van der Waals surface area contributed by atoms with Crippen LogP contribution in [0.3, 0.4) is 0 Å². The maximum atomic E-state index is 5.95. The monoisotopic (exact) mass is 274 g/mol. The first kappa shape index (κ1) is 13.1. The minimum atomic E-state index is 0.666. The summed E-state index contributed by atoms with van der Waals surface area (Å²) in [5.74, 6) is 0. The number of benzene rings is 1. The summed E-state index contributed by atoms with van der Waals surface area (Å²) in [4.78, 5) is 4.01. The van der Waals surface area contributed by atoms with Crippen LogP contribution < -0.4 is 5.73 Å². The molecule has 0 bridgehead atoms. The Morgan fingerprint density at radius 1 is 1.32 bits per heavy atom. The fourth-order valence-corrected chi connectivity index (χ4v) is 3.90. The summed E-state index contributed by atoms with van der Waals surface area (Å²) in [6.07, 6.45) is 3.98. The van der Waals surface area contributed by atoms with Crippen LogP contribution in [0.4, 0.5) is 0 Å². The Hall–Kier alpha value is -0.900. The molecule has 19 heavy (non-hydrogen) atoms. The van der Waals surface area contributed by atoms with Crippen LogP contribution in [0, 0.1) is 0 Å². The third-order valence-corrected chi connectivity index (χ3v) is 5.14. The van der Waals surface area contributed by atoms with Crippen molar-refractivity contribution in [3.8, 4) is 0 Å². The highest BCUT2D eigenvalue weighted by Crippen LogP contribution is 2.35. The summed E-state index contributed by atoms with van der Waals surface area (Å²) < 4.78 is 1.38. The van der Waals surface area contributed by atoms with E-state index in [4.69, 9.17) is 5.73 Å². The number of hydrogen-bond donors (Lipinski definition) is 1. The van der Waals surface area contributed by atoms with E-state index in [1.807, 2.05) is 11.3 Å². The molecule has 0 atom stereocenters. The van der Waals surface area contributed by atoms with Crippen molar-refractivity contribution in [3.05, 3.63) is 34.7 Å². The van der Waals surface area contributed by atoms with Gasteiger partial charge in [-0.15, -0.1) is 11.3 Å². The zero-order valence-corrected chi connectivity index (χ0v) is 12.4. The molecular formula is C16H22N2S. The van der Waals surface area contributed by atoms with Gasteiger partial charge in [0.2, 0.25) is 0 Å². The number of nitrogens with two attached hydrogens (primary N) is 1.